The summed E-state index contributed by atoms with van der Waals surface area (Å²) >= 11 is 0. The molecule has 166 valence electrons. The monoisotopic (exact) mass is 446 g/mol. The molecule has 6 aromatic rings. The van der Waals surface area contributed by atoms with E-state index in [0.29, 0.717) is 0 Å². The molecule has 0 nitrogen and oxygen atoms in total. The van der Waals surface area contributed by atoms with Crippen LogP contribution < -0.4 is 0 Å². The molecule has 0 saturated carbocycles. The molecule has 7 rings (SSSR count). The molecule has 0 aromatic heterocycles. The molecule has 6 aromatic carbocycles. The third-order valence-corrected chi connectivity index (χ3v) is 7.85. The zero-order chi connectivity index (χ0) is 23.6. The Kier molecular flexibility index (Phi) is 4.29. The zero-order valence-electron chi connectivity index (χ0n) is 20.0. The maximum absolute atomic E-state index is 2.49. The van der Waals surface area contributed by atoms with E-state index in [1.54, 1.807) is 0 Å². The molecule has 0 N–H and O–H groups in total. The molecule has 0 saturated heterocycles. The predicted octanol–water partition coefficient (Wildman–Crippen LogP) is 9.63. The van der Waals surface area contributed by atoms with Gasteiger partial charge in [0, 0.05) is 5.41 Å². The van der Waals surface area contributed by atoms with E-state index in [2.05, 4.69) is 135 Å². The molecule has 0 radical (unpaired) electrons. The molecular weight excluding hydrogens is 420 g/mol. The van der Waals surface area contributed by atoms with Crippen molar-refractivity contribution in [2.45, 2.75) is 19.3 Å². The van der Waals surface area contributed by atoms with Crippen LogP contribution in [0.5, 0.6) is 0 Å². The van der Waals surface area contributed by atoms with Crippen molar-refractivity contribution in [3.63, 3.8) is 0 Å². The minimum absolute atomic E-state index is 0.0351. The van der Waals surface area contributed by atoms with Crippen LogP contribution in [0, 0.1) is 0 Å². The van der Waals surface area contributed by atoms with E-state index < -0.39 is 0 Å². The van der Waals surface area contributed by atoms with Crippen LogP contribution in [-0.4, -0.2) is 0 Å². The molecule has 0 amide bonds. The summed E-state index contributed by atoms with van der Waals surface area (Å²) in [7, 11) is 0. The van der Waals surface area contributed by atoms with Gasteiger partial charge in [0.1, 0.15) is 0 Å². The van der Waals surface area contributed by atoms with Crippen LogP contribution in [0.3, 0.4) is 0 Å². The first-order valence-electron chi connectivity index (χ1n) is 12.4. The Morgan fingerprint density at radius 2 is 0.886 bits per heavy atom. The van der Waals surface area contributed by atoms with Crippen LogP contribution in [0.15, 0.2) is 121 Å². The van der Waals surface area contributed by atoms with Crippen LogP contribution >= 0.6 is 0 Å². The first-order chi connectivity index (χ1) is 17.1. The maximum Gasteiger partial charge on any atom is 0.0159 e. The summed E-state index contributed by atoms with van der Waals surface area (Å²) in [5, 5.41) is 5.25. The van der Waals surface area contributed by atoms with E-state index in [0.717, 1.165) is 0 Å². The summed E-state index contributed by atoms with van der Waals surface area (Å²) < 4.78 is 0. The highest BCUT2D eigenvalue weighted by atomic mass is 14.4. The second-order valence-corrected chi connectivity index (χ2v) is 10.1. The van der Waals surface area contributed by atoms with Gasteiger partial charge in [-0.15, -0.1) is 0 Å². The average molecular weight is 447 g/mol. The molecule has 0 fully saturated rings. The van der Waals surface area contributed by atoms with Crippen LogP contribution in [0.1, 0.15) is 25.0 Å². The largest absolute Gasteiger partial charge is 0.0622 e. The van der Waals surface area contributed by atoms with Gasteiger partial charge in [-0.1, -0.05) is 123 Å². The van der Waals surface area contributed by atoms with E-state index >= 15 is 0 Å². The van der Waals surface area contributed by atoms with Gasteiger partial charge < -0.3 is 0 Å². The topological polar surface area (TPSA) is 0 Å². The van der Waals surface area contributed by atoms with Gasteiger partial charge >= 0.3 is 0 Å². The van der Waals surface area contributed by atoms with Crippen LogP contribution in [0.2, 0.25) is 0 Å². The molecule has 0 unspecified atom stereocenters. The van der Waals surface area contributed by atoms with E-state index in [4.69, 9.17) is 0 Å². The molecule has 1 aliphatic rings. The maximum atomic E-state index is 2.49. The molecule has 0 bridgehead atoms. The number of hydrogen-bond acceptors (Lipinski definition) is 0. The van der Waals surface area contributed by atoms with Gasteiger partial charge in [0.15, 0.2) is 0 Å². The Hall–Kier alpha value is -4.16. The average Bonchev–Trinajstić information content (AvgIpc) is 3.13. The molecule has 0 heterocycles. The van der Waals surface area contributed by atoms with Crippen LogP contribution in [-0.2, 0) is 5.41 Å². The van der Waals surface area contributed by atoms with Gasteiger partial charge in [0.05, 0.1) is 0 Å². The van der Waals surface area contributed by atoms with E-state index in [1.165, 1.54) is 66.1 Å². The summed E-state index contributed by atoms with van der Waals surface area (Å²) in [6.07, 6.45) is 0. The normalized spacial score (nSPS) is 13.7. The fourth-order valence-electron chi connectivity index (χ4n) is 6.20. The van der Waals surface area contributed by atoms with E-state index in [9.17, 15) is 0 Å². The quantitative estimate of drug-likeness (QED) is 0.232. The highest BCUT2D eigenvalue weighted by molar-refractivity contribution is 6.22. The van der Waals surface area contributed by atoms with Gasteiger partial charge in [0.25, 0.3) is 0 Å². The van der Waals surface area contributed by atoms with Crippen molar-refractivity contribution in [3.05, 3.63) is 132 Å². The van der Waals surface area contributed by atoms with Gasteiger partial charge in [-0.25, -0.2) is 0 Å². The summed E-state index contributed by atoms with van der Waals surface area (Å²) in [5.74, 6) is 0. The Morgan fingerprint density at radius 3 is 1.49 bits per heavy atom. The fraction of sp³-hybridized carbons (Fsp3) is 0.0857. The molecule has 0 atom stereocenters. The lowest BCUT2D eigenvalue weighted by Crippen LogP contribution is -2.14. The highest BCUT2D eigenvalue weighted by Gasteiger charge is 2.36. The van der Waals surface area contributed by atoms with Crippen molar-refractivity contribution < 1.29 is 0 Å². The van der Waals surface area contributed by atoms with Crippen molar-refractivity contribution in [2.24, 2.45) is 0 Å². The van der Waals surface area contributed by atoms with Crippen LogP contribution in [0.4, 0.5) is 0 Å². The first kappa shape index (κ1) is 20.2. The van der Waals surface area contributed by atoms with Crippen molar-refractivity contribution in [2.75, 3.05) is 0 Å². The van der Waals surface area contributed by atoms with Crippen molar-refractivity contribution in [3.8, 4) is 33.4 Å². The third-order valence-electron chi connectivity index (χ3n) is 7.85. The van der Waals surface area contributed by atoms with Crippen molar-refractivity contribution in [1.82, 2.24) is 0 Å². The summed E-state index contributed by atoms with van der Waals surface area (Å²) in [4.78, 5) is 0. The number of fused-ring (bicyclic) bond motifs is 5. The van der Waals surface area contributed by atoms with Gasteiger partial charge in [-0.3, -0.25) is 0 Å². The number of benzene rings is 6. The molecule has 0 heteroatoms. The SMILES string of the molecule is CC1(C)c2ccccc2-c2cc3c(-c4ccccc4)c4ccccc4c(-c4ccccc4)c3cc21. The fourth-order valence-corrected chi connectivity index (χ4v) is 6.20. The van der Waals surface area contributed by atoms with Gasteiger partial charge in [-0.05, 0) is 78.2 Å². The minimum Gasteiger partial charge on any atom is -0.0622 e. The Morgan fingerprint density at radius 1 is 0.400 bits per heavy atom. The first-order valence-corrected chi connectivity index (χ1v) is 12.4. The molecule has 0 spiro atoms. The predicted molar refractivity (Wildman–Crippen MR) is 150 cm³/mol. The Balaban J connectivity index is 1.72. The van der Waals surface area contributed by atoms with Gasteiger partial charge in [-0.2, -0.15) is 0 Å². The molecule has 0 aliphatic heterocycles. The number of rotatable bonds is 2. The number of hydrogen-bond donors (Lipinski definition) is 0. The molecule has 35 heavy (non-hydrogen) atoms. The van der Waals surface area contributed by atoms with E-state index in [-0.39, 0.29) is 5.41 Å². The summed E-state index contributed by atoms with van der Waals surface area (Å²) in [6.45, 7) is 4.73. The van der Waals surface area contributed by atoms with Crippen LogP contribution in [0.25, 0.3) is 54.9 Å². The van der Waals surface area contributed by atoms with E-state index in [1.807, 2.05) is 0 Å². The third kappa shape index (κ3) is 2.87. The minimum atomic E-state index is -0.0351. The summed E-state index contributed by atoms with van der Waals surface area (Å²) in [5.41, 5.74) is 10.7. The molecule has 1 aliphatic carbocycles. The second kappa shape index (κ2) is 7.42. The lowest BCUT2D eigenvalue weighted by Gasteiger charge is -2.23. The Labute approximate surface area is 206 Å². The van der Waals surface area contributed by atoms with Crippen molar-refractivity contribution >= 4 is 21.5 Å². The van der Waals surface area contributed by atoms with Crippen molar-refractivity contribution in [1.29, 1.82) is 0 Å². The highest BCUT2D eigenvalue weighted by Crippen LogP contribution is 2.53. The lowest BCUT2D eigenvalue weighted by molar-refractivity contribution is 0.661. The zero-order valence-corrected chi connectivity index (χ0v) is 20.0. The summed E-state index contributed by atoms with van der Waals surface area (Å²) in [6, 6.07) is 44.6. The Bertz CT molecular complexity index is 1740. The smallest absolute Gasteiger partial charge is 0.0159 e. The molecular formula is C35H26. The standard InChI is InChI=1S/C35H26/c1-35(2)31-20-12-11-17-25(31)28-21-29-30(22-32(28)35)34(24-15-7-4-8-16-24)27-19-10-9-18-26(27)33(29)23-13-5-3-6-14-23/h3-22H,1-2H3. The second-order valence-electron chi connectivity index (χ2n) is 10.1. The van der Waals surface area contributed by atoms with Gasteiger partial charge in [0.2, 0.25) is 0 Å². The lowest BCUT2D eigenvalue weighted by atomic mass is 9.79.